The van der Waals surface area contributed by atoms with Crippen molar-refractivity contribution in [3.8, 4) is 10.4 Å². The van der Waals surface area contributed by atoms with E-state index in [0.29, 0.717) is 58.1 Å². The number of carbonyl (C=O) groups is 2. The van der Waals surface area contributed by atoms with E-state index in [4.69, 9.17) is 20.3 Å². The van der Waals surface area contributed by atoms with Crippen molar-refractivity contribution in [3.05, 3.63) is 93.7 Å². The maximum Gasteiger partial charge on any atom is 0.259 e. The zero-order valence-electron chi connectivity index (χ0n) is 25.8. The Kier molecular flexibility index (Phi) is 8.06. The first kappa shape index (κ1) is 30.7. The molecule has 2 aromatic heterocycles. The summed E-state index contributed by atoms with van der Waals surface area (Å²) in [5, 5.41) is 18.2. The van der Waals surface area contributed by atoms with Crippen LogP contribution in [0.3, 0.4) is 0 Å². The lowest BCUT2D eigenvalue weighted by molar-refractivity contribution is -0.000510. The summed E-state index contributed by atoms with van der Waals surface area (Å²) in [6.45, 7) is 5.45. The van der Waals surface area contributed by atoms with Gasteiger partial charge in [-0.3, -0.25) is 20.4 Å². The highest BCUT2D eigenvalue weighted by Gasteiger charge is 2.45. The molecule has 2 fully saturated rings. The van der Waals surface area contributed by atoms with E-state index in [2.05, 4.69) is 15.2 Å². The second-order valence-electron chi connectivity index (χ2n) is 12.3. The van der Waals surface area contributed by atoms with Crippen LogP contribution < -0.4 is 15.1 Å². The normalized spacial score (nSPS) is 16.4. The van der Waals surface area contributed by atoms with Gasteiger partial charge >= 0.3 is 0 Å². The molecule has 2 amide bonds. The second-order valence-corrected chi connectivity index (χ2v) is 13.3. The molecule has 10 nitrogen and oxygen atoms in total. The predicted octanol–water partition coefficient (Wildman–Crippen LogP) is 6.28. The molecule has 1 spiro atoms. The number of aromatic nitrogens is 1. The van der Waals surface area contributed by atoms with Gasteiger partial charge in [-0.2, -0.15) is 0 Å². The Balaban J connectivity index is 1.09. The Labute approximate surface area is 275 Å². The topological polar surface area (TPSA) is 132 Å². The van der Waals surface area contributed by atoms with Crippen LogP contribution in [0.4, 0.5) is 21.6 Å². The lowest BCUT2D eigenvalue weighted by atomic mass is 9.73. The molecule has 3 aliphatic heterocycles. The van der Waals surface area contributed by atoms with Crippen LogP contribution in [0.25, 0.3) is 10.4 Å². The summed E-state index contributed by atoms with van der Waals surface area (Å²) in [6, 6.07) is 14.7. The van der Waals surface area contributed by atoms with Crippen LogP contribution in [0.15, 0.2) is 60.8 Å². The number of ether oxygens (including phenoxy) is 2. The average molecular weight is 653 g/mol. The first-order valence-corrected chi connectivity index (χ1v) is 16.2. The minimum atomic E-state index is -0.467. The van der Waals surface area contributed by atoms with E-state index in [9.17, 15) is 14.0 Å². The smallest absolute Gasteiger partial charge is 0.259 e. The summed E-state index contributed by atoms with van der Waals surface area (Å²) < 4.78 is 25.0. The fraction of sp³-hybridized carbons (Fsp3) is 0.286. The van der Waals surface area contributed by atoms with Gasteiger partial charge in [0.25, 0.3) is 11.8 Å². The van der Waals surface area contributed by atoms with E-state index in [-0.39, 0.29) is 23.1 Å². The molecule has 0 saturated carbocycles. The number of aryl methyl sites for hydroxylation is 1. The number of benzene rings is 2. The molecule has 0 unspecified atom stereocenters. The molecule has 7 rings (SSSR count). The molecule has 0 atom stereocenters. The third-order valence-electron chi connectivity index (χ3n) is 9.10. The standard InChI is InChI=1S/C35H33FN6O4S/c1-21-14-27(32(39-17-21)41-18-35(19-41)9-12-45-13-10-35)33(43)40-25-5-2-22(3-6-25)34(44)42-11-8-23-15-29(31(38)46-20-37)47-30(23)26-7-4-24(36)16-28(26)42/h2-7,14-17,20,37-38H,8-13,18-19H2,1H3,(H,40,43). The third-order valence-corrected chi connectivity index (χ3v) is 10.3. The molecule has 3 N–H and O–H groups in total. The SMILES string of the molecule is Cc1cnc(N2CC3(CCOCC3)C2)c(C(=O)Nc2ccc(C(=O)N3CCc4cc(C(=N)OC=N)sc4-c4ccc(F)cc43)cc2)c1. The summed E-state index contributed by atoms with van der Waals surface area (Å²) in [5.74, 6) is -0.505. The van der Waals surface area contributed by atoms with Crippen molar-refractivity contribution >= 4 is 52.6 Å². The number of amides is 2. The summed E-state index contributed by atoms with van der Waals surface area (Å²) >= 11 is 1.31. The number of nitrogens with zero attached hydrogens (tertiary/aromatic N) is 3. The van der Waals surface area contributed by atoms with Crippen LogP contribution in [0.1, 0.15) is 49.6 Å². The number of fused-ring (bicyclic) bond motifs is 3. The van der Waals surface area contributed by atoms with Crippen LogP contribution >= 0.6 is 11.3 Å². The fourth-order valence-electron chi connectivity index (χ4n) is 6.62. The Hall–Kier alpha value is -4.94. The number of pyridine rings is 1. The molecule has 0 radical (unpaired) electrons. The summed E-state index contributed by atoms with van der Waals surface area (Å²) in [5.41, 5.74) is 4.59. The number of halogens is 1. The van der Waals surface area contributed by atoms with Crippen LogP contribution in [-0.4, -0.2) is 61.9 Å². The van der Waals surface area contributed by atoms with Gasteiger partial charge in [-0.05, 0) is 91.9 Å². The van der Waals surface area contributed by atoms with Crippen molar-refractivity contribution in [2.75, 3.05) is 48.0 Å². The average Bonchev–Trinajstić information content (AvgIpc) is 3.42. The molecule has 5 heterocycles. The quantitative estimate of drug-likeness (QED) is 0.166. The van der Waals surface area contributed by atoms with E-state index >= 15 is 0 Å². The second kappa shape index (κ2) is 12.3. The molecule has 4 aromatic rings. The van der Waals surface area contributed by atoms with Gasteiger partial charge in [-0.25, -0.2) is 9.37 Å². The largest absolute Gasteiger partial charge is 0.427 e. The summed E-state index contributed by atoms with van der Waals surface area (Å²) in [7, 11) is 0. The molecular weight excluding hydrogens is 619 g/mol. The molecule has 0 bridgehead atoms. The van der Waals surface area contributed by atoms with Crippen LogP contribution in [0, 0.1) is 29.0 Å². The van der Waals surface area contributed by atoms with E-state index in [0.717, 1.165) is 55.1 Å². The molecule has 12 heteroatoms. The van der Waals surface area contributed by atoms with Crippen molar-refractivity contribution in [1.29, 1.82) is 10.8 Å². The van der Waals surface area contributed by atoms with Crippen LogP contribution in [0.2, 0.25) is 0 Å². The number of hydrogen-bond acceptors (Lipinski definition) is 9. The zero-order valence-corrected chi connectivity index (χ0v) is 26.6. The highest BCUT2D eigenvalue weighted by atomic mass is 32.1. The lowest BCUT2D eigenvalue weighted by Crippen LogP contribution is -2.59. The Morgan fingerprint density at radius 3 is 2.62 bits per heavy atom. The van der Waals surface area contributed by atoms with E-state index < -0.39 is 5.82 Å². The first-order valence-electron chi connectivity index (χ1n) is 15.4. The maximum atomic E-state index is 14.5. The molecule has 0 aliphatic carbocycles. The van der Waals surface area contributed by atoms with Crippen molar-refractivity contribution in [3.63, 3.8) is 0 Å². The van der Waals surface area contributed by atoms with Crippen molar-refractivity contribution in [2.45, 2.75) is 26.2 Å². The zero-order chi connectivity index (χ0) is 32.7. The van der Waals surface area contributed by atoms with E-state index in [1.165, 1.54) is 23.5 Å². The summed E-state index contributed by atoms with van der Waals surface area (Å²) in [6.07, 6.45) is 5.01. The molecule has 240 valence electrons. The monoisotopic (exact) mass is 652 g/mol. The van der Waals surface area contributed by atoms with Crippen molar-refractivity contribution in [2.24, 2.45) is 5.41 Å². The maximum absolute atomic E-state index is 14.5. The third kappa shape index (κ3) is 5.90. The van der Waals surface area contributed by atoms with Gasteiger partial charge in [-0.1, -0.05) is 0 Å². The molecular formula is C35H33FN6O4S. The van der Waals surface area contributed by atoms with Crippen molar-refractivity contribution < 1.29 is 23.5 Å². The van der Waals surface area contributed by atoms with Gasteiger partial charge < -0.3 is 24.6 Å². The number of anilines is 3. The molecule has 47 heavy (non-hydrogen) atoms. The van der Waals surface area contributed by atoms with Gasteiger partial charge in [0, 0.05) is 66.2 Å². The van der Waals surface area contributed by atoms with Crippen LogP contribution in [0.5, 0.6) is 0 Å². The van der Waals surface area contributed by atoms with Gasteiger partial charge in [0.2, 0.25) is 5.90 Å². The minimum absolute atomic E-state index is 0.138. The van der Waals surface area contributed by atoms with Gasteiger partial charge in [0.15, 0.2) is 6.40 Å². The summed E-state index contributed by atoms with van der Waals surface area (Å²) in [4.78, 5) is 37.1. The highest BCUT2D eigenvalue weighted by molar-refractivity contribution is 7.17. The van der Waals surface area contributed by atoms with Gasteiger partial charge in [-0.15, -0.1) is 11.3 Å². The Bertz CT molecular complexity index is 1890. The Morgan fingerprint density at radius 1 is 1.11 bits per heavy atom. The van der Waals surface area contributed by atoms with Crippen molar-refractivity contribution in [1.82, 2.24) is 4.98 Å². The number of nitrogens with one attached hydrogen (secondary N) is 3. The van der Waals surface area contributed by atoms with Gasteiger partial charge in [0.1, 0.15) is 11.6 Å². The lowest BCUT2D eigenvalue weighted by Gasteiger charge is -2.53. The fourth-order valence-corrected chi connectivity index (χ4v) is 7.76. The van der Waals surface area contributed by atoms with E-state index in [1.54, 1.807) is 41.4 Å². The number of carbonyl (C=O) groups excluding carboxylic acids is 2. The predicted molar refractivity (Wildman–Crippen MR) is 180 cm³/mol. The van der Waals surface area contributed by atoms with Gasteiger partial charge in [0.05, 0.1) is 16.1 Å². The molecule has 2 saturated heterocycles. The van der Waals surface area contributed by atoms with E-state index in [1.807, 2.05) is 19.1 Å². The number of thiophene rings is 1. The highest BCUT2D eigenvalue weighted by Crippen LogP contribution is 2.44. The minimum Gasteiger partial charge on any atom is -0.427 e. The Morgan fingerprint density at radius 2 is 1.87 bits per heavy atom. The van der Waals surface area contributed by atoms with Crippen LogP contribution in [-0.2, 0) is 15.9 Å². The first-order chi connectivity index (χ1) is 22.7. The number of rotatable bonds is 6. The number of hydrogen-bond donors (Lipinski definition) is 3. The molecule has 2 aromatic carbocycles. The molecule has 3 aliphatic rings.